The van der Waals surface area contributed by atoms with E-state index in [2.05, 4.69) is 10.2 Å². The second-order valence-corrected chi connectivity index (χ2v) is 3.92. The maximum atomic E-state index is 9.41. The first kappa shape index (κ1) is 8.47. The first-order valence-corrected chi connectivity index (χ1v) is 4.99. The lowest BCUT2D eigenvalue weighted by Gasteiger charge is -2.25. The molecule has 78 valence electrons. The van der Waals surface area contributed by atoms with E-state index in [4.69, 9.17) is 0 Å². The summed E-state index contributed by atoms with van der Waals surface area (Å²) in [7, 11) is 0. The van der Waals surface area contributed by atoms with E-state index < -0.39 is 0 Å². The summed E-state index contributed by atoms with van der Waals surface area (Å²) in [4.78, 5) is 2.22. The molecule has 2 heterocycles. The number of hydrogen-bond donors (Lipinski definition) is 3. The van der Waals surface area contributed by atoms with Gasteiger partial charge in [0.1, 0.15) is 5.82 Å². The molecule has 1 aromatic carbocycles. The van der Waals surface area contributed by atoms with Crippen molar-refractivity contribution in [1.82, 2.24) is 10.2 Å². The molecule has 0 aliphatic carbocycles. The highest BCUT2D eigenvalue weighted by Gasteiger charge is 2.22. The number of fused-ring (bicyclic) bond motifs is 2. The van der Waals surface area contributed by atoms with Gasteiger partial charge in [0.2, 0.25) is 0 Å². The monoisotopic (exact) mass is 204 g/mol. The first-order chi connectivity index (χ1) is 7.24. The third-order valence-corrected chi connectivity index (χ3v) is 2.92. The van der Waals surface area contributed by atoms with Crippen molar-refractivity contribution in [2.45, 2.75) is 6.54 Å². The zero-order valence-corrected chi connectivity index (χ0v) is 8.20. The average molecular weight is 204 g/mol. The molecule has 2 aliphatic heterocycles. The van der Waals surface area contributed by atoms with Crippen molar-refractivity contribution < 1.29 is 10.2 Å². The van der Waals surface area contributed by atoms with Crippen molar-refractivity contribution in [2.75, 3.05) is 13.1 Å². The summed E-state index contributed by atoms with van der Waals surface area (Å²) >= 11 is 0. The van der Waals surface area contributed by atoms with Crippen molar-refractivity contribution >= 4 is 6.08 Å². The molecular weight excluding hydrogens is 192 g/mol. The molecule has 3 N–H and O–H groups in total. The van der Waals surface area contributed by atoms with Crippen LogP contribution in [-0.2, 0) is 6.54 Å². The number of benzene rings is 1. The summed E-state index contributed by atoms with van der Waals surface area (Å²) in [6.07, 6.45) is 2.00. The number of hydrogen-bond acceptors (Lipinski definition) is 4. The van der Waals surface area contributed by atoms with E-state index in [0.29, 0.717) is 0 Å². The Balaban J connectivity index is 2.11. The molecular formula is C11H12N2O2. The van der Waals surface area contributed by atoms with Gasteiger partial charge in [-0.1, -0.05) is 0 Å². The molecule has 4 heteroatoms. The summed E-state index contributed by atoms with van der Waals surface area (Å²) in [5.74, 6) is 1.00. The van der Waals surface area contributed by atoms with Crippen LogP contribution >= 0.6 is 0 Å². The number of nitrogens with one attached hydrogen (secondary N) is 1. The molecule has 15 heavy (non-hydrogen) atoms. The van der Waals surface area contributed by atoms with Crippen molar-refractivity contribution in [3.05, 3.63) is 29.1 Å². The molecule has 0 saturated carbocycles. The molecule has 1 fully saturated rings. The van der Waals surface area contributed by atoms with Crippen LogP contribution in [0.5, 0.6) is 11.5 Å². The fraction of sp³-hybridized carbons (Fsp3) is 0.273. The Kier molecular flexibility index (Phi) is 1.59. The Morgan fingerprint density at radius 1 is 1.20 bits per heavy atom. The summed E-state index contributed by atoms with van der Waals surface area (Å²) in [6.45, 7) is 2.74. The van der Waals surface area contributed by atoms with Crippen molar-refractivity contribution in [2.24, 2.45) is 0 Å². The van der Waals surface area contributed by atoms with E-state index in [9.17, 15) is 10.2 Å². The van der Waals surface area contributed by atoms with Gasteiger partial charge in [-0.15, -0.1) is 0 Å². The first-order valence-electron chi connectivity index (χ1n) is 4.99. The number of aromatic hydroxyl groups is 2. The number of phenolic OH excluding ortho intramolecular Hbond substituents is 2. The van der Waals surface area contributed by atoms with Crippen LogP contribution in [0.3, 0.4) is 0 Å². The molecule has 1 saturated heterocycles. The van der Waals surface area contributed by atoms with Gasteiger partial charge in [0.15, 0.2) is 11.5 Å². The fourth-order valence-corrected chi connectivity index (χ4v) is 2.12. The highest BCUT2D eigenvalue weighted by Crippen LogP contribution is 2.33. The molecule has 0 atom stereocenters. The highest BCUT2D eigenvalue weighted by molar-refractivity contribution is 5.63. The number of nitrogens with zero attached hydrogens (tertiary/aromatic N) is 1. The van der Waals surface area contributed by atoms with E-state index >= 15 is 0 Å². The lowest BCUT2D eigenvalue weighted by atomic mass is 10.0. The minimum absolute atomic E-state index is 0.0437. The van der Waals surface area contributed by atoms with Gasteiger partial charge in [0, 0.05) is 19.6 Å². The standard InChI is InChI=1S/C11H12N2O2/c14-9-3-7-5-11-12-1-2-13(11)6-8(7)4-10(9)15/h3-5,12,14-15H,1-2,6H2. The summed E-state index contributed by atoms with van der Waals surface area (Å²) in [5, 5.41) is 22.1. The van der Waals surface area contributed by atoms with Crippen LogP contribution in [0.25, 0.3) is 6.08 Å². The zero-order valence-electron chi connectivity index (χ0n) is 8.20. The lowest BCUT2D eigenvalue weighted by molar-refractivity contribution is 0.378. The van der Waals surface area contributed by atoms with E-state index in [1.54, 1.807) is 12.1 Å². The molecule has 0 bridgehead atoms. The van der Waals surface area contributed by atoms with Crippen molar-refractivity contribution in [1.29, 1.82) is 0 Å². The van der Waals surface area contributed by atoms with E-state index in [-0.39, 0.29) is 11.5 Å². The fourth-order valence-electron chi connectivity index (χ4n) is 2.12. The van der Waals surface area contributed by atoms with Crippen LogP contribution in [0.15, 0.2) is 18.0 Å². The summed E-state index contributed by atoms with van der Waals surface area (Å²) in [5.41, 5.74) is 2.03. The topological polar surface area (TPSA) is 55.7 Å². The summed E-state index contributed by atoms with van der Waals surface area (Å²) in [6, 6.07) is 3.24. The van der Waals surface area contributed by atoms with Gasteiger partial charge >= 0.3 is 0 Å². The molecule has 4 nitrogen and oxygen atoms in total. The average Bonchev–Trinajstić information content (AvgIpc) is 2.63. The Labute approximate surface area is 87.5 Å². The quantitative estimate of drug-likeness (QED) is 0.547. The minimum atomic E-state index is -0.0583. The van der Waals surface area contributed by atoms with E-state index in [1.165, 1.54) is 0 Å². The Morgan fingerprint density at radius 2 is 2.00 bits per heavy atom. The van der Waals surface area contributed by atoms with E-state index in [0.717, 1.165) is 36.6 Å². The molecule has 1 aromatic rings. The van der Waals surface area contributed by atoms with Gasteiger partial charge in [0.25, 0.3) is 0 Å². The number of rotatable bonds is 0. The molecule has 0 amide bonds. The zero-order chi connectivity index (χ0) is 10.4. The molecule has 3 rings (SSSR count). The van der Waals surface area contributed by atoms with Crippen LogP contribution in [0.2, 0.25) is 0 Å². The molecule has 2 aliphatic rings. The van der Waals surface area contributed by atoms with Crippen molar-refractivity contribution in [3.63, 3.8) is 0 Å². The molecule has 0 unspecified atom stereocenters. The van der Waals surface area contributed by atoms with E-state index in [1.807, 2.05) is 6.08 Å². The van der Waals surface area contributed by atoms with Gasteiger partial charge in [-0.05, 0) is 29.3 Å². The van der Waals surface area contributed by atoms with Crippen molar-refractivity contribution in [3.8, 4) is 11.5 Å². The molecule has 0 aromatic heterocycles. The van der Waals surface area contributed by atoms with Crippen LogP contribution < -0.4 is 5.32 Å². The largest absolute Gasteiger partial charge is 0.504 e. The van der Waals surface area contributed by atoms with Crippen LogP contribution in [0.1, 0.15) is 11.1 Å². The smallest absolute Gasteiger partial charge is 0.158 e. The van der Waals surface area contributed by atoms with Gasteiger partial charge in [-0.3, -0.25) is 0 Å². The maximum absolute atomic E-state index is 9.41. The van der Waals surface area contributed by atoms with Gasteiger partial charge in [-0.2, -0.15) is 0 Å². The lowest BCUT2D eigenvalue weighted by Crippen LogP contribution is -2.23. The van der Waals surface area contributed by atoms with Crippen LogP contribution in [0, 0.1) is 0 Å². The third kappa shape index (κ3) is 1.21. The molecule has 0 radical (unpaired) electrons. The predicted molar refractivity (Wildman–Crippen MR) is 56.2 cm³/mol. The van der Waals surface area contributed by atoms with Crippen LogP contribution in [-0.4, -0.2) is 28.2 Å². The Bertz CT molecular complexity index is 454. The SMILES string of the molecule is Oc1cc2c(cc1O)CN1CCNC1=C2. The highest BCUT2D eigenvalue weighted by atomic mass is 16.3. The number of phenols is 2. The maximum Gasteiger partial charge on any atom is 0.158 e. The molecule has 0 spiro atoms. The second kappa shape index (κ2) is 2.82. The predicted octanol–water partition coefficient (Wildman–Crippen LogP) is 0.815. The van der Waals surface area contributed by atoms with Gasteiger partial charge in [0.05, 0.1) is 0 Å². The Hall–Kier alpha value is -1.84. The van der Waals surface area contributed by atoms with Gasteiger partial charge < -0.3 is 20.4 Å². The van der Waals surface area contributed by atoms with Gasteiger partial charge in [-0.25, -0.2) is 0 Å². The normalized spacial score (nSPS) is 17.9. The summed E-state index contributed by atoms with van der Waals surface area (Å²) < 4.78 is 0. The van der Waals surface area contributed by atoms with Crippen LogP contribution in [0.4, 0.5) is 0 Å². The Morgan fingerprint density at radius 3 is 2.87 bits per heavy atom. The second-order valence-electron chi connectivity index (χ2n) is 3.92. The third-order valence-electron chi connectivity index (χ3n) is 2.92. The minimum Gasteiger partial charge on any atom is -0.504 e.